The summed E-state index contributed by atoms with van der Waals surface area (Å²) in [5, 5.41) is 0. The molecule has 0 bridgehead atoms. The van der Waals surface area contributed by atoms with Crippen molar-refractivity contribution in [2.75, 3.05) is 38.1 Å². The number of benzene rings is 5. The third kappa shape index (κ3) is 6.56. The van der Waals surface area contributed by atoms with E-state index in [9.17, 15) is 9.59 Å². The minimum atomic E-state index is -0.205. The molecule has 2 atom stereocenters. The Morgan fingerprint density at radius 3 is 1.48 bits per heavy atom. The average molecular weight is 775 g/mol. The fraction of sp³-hybridized carbons (Fsp3) is 0.292. The zero-order valence-corrected chi connectivity index (χ0v) is 33.7. The van der Waals surface area contributed by atoms with Crippen LogP contribution in [0.4, 0.5) is 22.7 Å². The van der Waals surface area contributed by atoms with Gasteiger partial charge in [-0.3, -0.25) is 9.59 Å². The molecule has 58 heavy (non-hydrogen) atoms. The lowest BCUT2D eigenvalue weighted by Crippen LogP contribution is -2.38. The lowest BCUT2D eigenvalue weighted by molar-refractivity contribution is -0.401. The van der Waals surface area contributed by atoms with E-state index in [1.807, 2.05) is 81.6 Å². The van der Waals surface area contributed by atoms with Crippen molar-refractivity contribution < 1.29 is 37.7 Å². The lowest BCUT2D eigenvalue weighted by atomic mass is 9.98. The van der Waals surface area contributed by atoms with Gasteiger partial charge in [0.25, 0.3) is 0 Å². The largest absolute Gasteiger partial charge is 0.493 e. The standard InChI is InChI=1S/C48H46N4O6/c1-29(2)15-30-16-31(27-57-45-23-41-37(21-43(45)55-5)47(53)51-35(25-49(41)3)19-33-11-7-9-13-39(33)51)18-32(17-30)28-58-46-24-42-38(22-44(46)56-6)48(54)52-36(26-50(42)4)20-34-12-8-10-14-40(34)52/h7-14,16-18,21-24,29,35-36H,15,19-20,27-28H2,1-6H3/t35-,36-/m0/s1. The number of carbonyl (C=O) groups is 2. The van der Waals surface area contributed by atoms with Gasteiger partial charge in [0.15, 0.2) is 11.5 Å². The predicted molar refractivity (Wildman–Crippen MR) is 223 cm³/mol. The first-order valence-corrected chi connectivity index (χ1v) is 19.7. The number of amides is 2. The molecule has 0 N–H and O–H groups in total. The molecule has 0 saturated heterocycles. The summed E-state index contributed by atoms with van der Waals surface area (Å²) in [6.45, 7) is 4.93. The van der Waals surface area contributed by atoms with Crippen LogP contribution in [0.2, 0.25) is 0 Å². The number of fused-ring (bicyclic) bond motifs is 8. The molecule has 9 rings (SSSR count). The summed E-state index contributed by atoms with van der Waals surface area (Å²) in [7, 11) is 7.02. The van der Waals surface area contributed by atoms with Gasteiger partial charge in [0.2, 0.25) is 11.8 Å². The minimum Gasteiger partial charge on any atom is -0.493 e. The lowest BCUT2D eigenvalue weighted by Gasteiger charge is -2.23. The third-order valence-corrected chi connectivity index (χ3v) is 11.4. The molecule has 0 radical (unpaired) electrons. The molecule has 10 heteroatoms. The van der Waals surface area contributed by atoms with Gasteiger partial charge in [-0.15, -0.1) is 0 Å². The van der Waals surface area contributed by atoms with Crippen LogP contribution >= 0.6 is 0 Å². The molecule has 5 aromatic rings. The number of methoxy groups -OCH3 is 2. The summed E-state index contributed by atoms with van der Waals surface area (Å²) in [6, 6.07) is 29.4. The number of nitrogens with zero attached hydrogens (tertiary/aromatic N) is 4. The van der Waals surface area contributed by atoms with Crippen molar-refractivity contribution in [2.24, 2.45) is 5.92 Å². The second kappa shape index (κ2) is 14.8. The molecule has 4 heterocycles. The molecule has 0 aromatic heterocycles. The first-order chi connectivity index (χ1) is 28.1. The minimum absolute atomic E-state index is 0.0931. The van der Waals surface area contributed by atoms with E-state index in [1.54, 1.807) is 26.4 Å². The first kappa shape index (κ1) is 37.2. The van der Waals surface area contributed by atoms with Gasteiger partial charge in [-0.25, -0.2) is 0 Å². The monoisotopic (exact) mass is 774 g/mol. The van der Waals surface area contributed by atoms with Crippen molar-refractivity contribution in [2.45, 2.75) is 58.4 Å². The van der Waals surface area contributed by atoms with Gasteiger partial charge in [0, 0.05) is 47.0 Å². The van der Waals surface area contributed by atoms with Crippen molar-refractivity contribution in [1.82, 2.24) is 0 Å². The van der Waals surface area contributed by atoms with Crippen LogP contribution in [0.1, 0.15) is 62.4 Å². The van der Waals surface area contributed by atoms with E-state index >= 15 is 0 Å². The zero-order chi connectivity index (χ0) is 40.2. The number of hydrogen-bond acceptors (Lipinski definition) is 6. The Balaban J connectivity index is 0.976. The summed E-state index contributed by atoms with van der Waals surface area (Å²) in [6.07, 6.45) is 9.32. The Morgan fingerprint density at radius 2 is 1.05 bits per heavy atom. The number of ether oxygens (including phenoxy) is 4. The summed E-state index contributed by atoms with van der Waals surface area (Å²) in [5.74, 6) is 2.27. The van der Waals surface area contributed by atoms with Crippen molar-refractivity contribution >= 4 is 47.0 Å². The van der Waals surface area contributed by atoms with Crippen LogP contribution in [-0.4, -0.2) is 73.8 Å². The predicted octanol–water partition coefficient (Wildman–Crippen LogP) is 7.67. The highest BCUT2D eigenvalue weighted by Crippen LogP contribution is 2.42. The van der Waals surface area contributed by atoms with Gasteiger partial charge < -0.3 is 37.9 Å². The summed E-state index contributed by atoms with van der Waals surface area (Å²) >= 11 is 0. The van der Waals surface area contributed by atoms with E-state index in [1.165, 1.54) is 5.56 Å². The van der Waals surface area contributed by atoms with Crippen molar-refractivity contribution in [1.29, 1.82) is 0 Å². The first-order valence-electron chi connectivity index (χ1n) is 19.7. The molecule has 0 saturated carbocycles. The Bertz CT molecular complexity index is 2390. The number of carbonyl (C=O) groups excluding carboxylic acids is 2. The second-order valence-corrected chi connectivity index (χ2v) is 15.8. The van der Waals surface area contributed by atoms with Crippen molar-refractivity contribution in [3.05, 3.63) is 130 Å². The van der Waals surface area contributed by atoms with Gasteiger partial charge in [0.1, 0.15) is 38.8 Å². The topological polar surface area (TPSA) is 83.6 Å². The van der Waals surface area contributed by atoms with E-state index in [0.29, 0.717) is 64.3 Å². The maximum atomic E-state index is 14.1. The van der Waals surface area contributed by atoms with Gasteiger partial charge in [-0.1, -0.05) is 62.4 Å². The zero-order valence-electron chi connectivity index (χ0n) is 33.7. The highest BCUT2D eigenvalue weighted by atomic mass is 16.5. The van der Waals surface area contributed by atoms with E-state index in [0.717, 1.165) is 40.0 Å². The van der Waals surface area contributed by atoms with Crippen LogP contribution in [0.15, 0.2) is 91.0 Å². The number of rotatable bonds is 10. The number of hydrogen-bond donors (Lipinski definition) is 0. The molecular weight excluding hydrogens is 729 g/mol. The smallest absolute Gasteiger partial charge is 0.246 e. The molecule has 10 nitrogen and oxygen atoms in total. The van der Waals surface area contributed by atoms with Gasteiger partial charge in [-0.05, 0) is 95.5 Å². The molecule has 2 amide bonds. The van der Waals surface area contributed by atoms with E-state index in [2.05, 4.69) is 56.6 Å². The fourth-order valence-corrected chi connectivity index (χ4v) is 8.78. The van der Waals surface area contributed by atoms with E-state index in [4.69, 9.17) is 18.9 Å². The Labute approximate surface area is 339 Å². The quantitative estimate of drug-likeness (QED) is 0.107. The maximum Gasteiger partial charge on any atom is 0.246 e. The third-order valence-electron chi connectivity index (χ3n) is 11.4. The Kier molecular flexibility index (Phi) is 9.50. The van der Waals surface area contributed by atoms with E-state index < -0.39 is 0 Å². The highest BCUT2D eigenvalue weighted by Gasteiger charge is 2.37. The molecule has 0 unspecified atom stereocenters. The van der Waals surface area contributed by atoms with Gasteiger partial charge >= 0.3 is 0 Å². The van der Waals surface area contributed by atoms with Crippen LogP contribution in [0.3, 0.4) is 0 Å². The summed E-state index contributed by atoms with van der Waals surface area (Å²) in [5.41, 5.74) is 9.68. The Morgan fingerprint density at radius 1 is 0.621 bits per heavy atom. The molecule has 5 aromatic carbocycles. The fourth-order valence-electron chi connectivity index (χ4n) is 8.78. The summed E-state index contributed by atoms with van der Waals surface area (Å²) in [4.78, 5) is 31.8. The van der Waals surface area contributed by atoms with Crippen molar-refractivity contribution in [3.63, 3.8) is 0 Å². The van der Waals surface area contributed by atoms with Crippen LogP contribution in [-0.2, 0) is 32.5 Å². The van der Waals surface area contributed by atoms with Crippen LogP contribution in [0, 0.1) is 5.92 Å². The van der Waals surface area contributed by atoms with Crippen molar-refractivity contribution in [3.8, 4) is 23.0 Å². The van der Waals surface area contributed by atoms with Gasteiger partial charge in [-0.2, -0.15) is 0 Å². The second-order valence-electron chi connectivity index (χ2n) is 15.8. The van der Waals surface area contributed by atoms with Crippen LogP contribution < -0.4 is 28.7 Å². The number of anilines is 2. The normalized spacial score (nSPS) is 17.6. The molecule has 0 spiro atoms. The Hall–Kier alpha value is -6.42. The van der Waals surface area contributed by atoms with E-state index in [-0.39, 0.29) is 37.1 Å². The number of para-hydroxylation sites is 2. The molecule has 294 valence electrons. The molecule has 4 aliphatic heterocycles. The van der Waals surface area contributed by atoms with Crippen LogP contribution in [0.25, 0.3) is 0 Å². The van der Waals surface area contributed by atoms with Crippen LogP contribution in [0.5, 0.6) is 23.0 Å². The molecular formula is C48H46N4O6. The molecule has 0 aliphatic carbocycles. The molecule has 0 fully saturated rings. The highest BCUT2D eigenvalue weighted by molar-refractivity contribution is 6.14. The average Bonchev–Trinajstić information content (AvgIpc) is 3.72. The summed E-state index contributed by atoms with van der Waals surface area (Å²) < 4.78 is 28.4. The SMILES string of the molecule is COc1cc2c(cc1OCc1cc(COc3cc4c(cc3OC)C(=O)N3c5ccccc5C[C@H]3[C-]=[N+]4C)cc(CC(C)C)c1)[N+](C)=[C-][C@@H]1Cc3ccccc3N1C2=O. The van der Waals surface area contributed by atoms with Gasteiger partial charge in [0.05, 0.1) is 25.6 Å². The maximum absolute atomic E-state index is 14.1. The molecule has 4 aliphatic rings.